The van der Waals surface area contributed by atoms with E-state index in [1.54, 1.807) is 0 Å². The number of halogens is 1. The van der Waals surface area contributed by atoms with Crippen LogP contribution in [-0.2, 0) is 17.9 Å². The first-order valence-corrected chi connectivity index (χ1v) is 10.7. The lowest BCUT2D eigenvalue weighted by atomic mass is 9.98. The van der Waals surface area contributed by atoms with E-state index in [1.165, 1.54) is 0 Å². The number of hydrogen-bond acceptors (Lipinski definition) is 3. The Balaban J connectivity index is 1.32. The molecule has 0 fully saturated rings. The fourth-order valence-electron chi connectivity index (χ4n) is 3.48. The normalized spacial score (nSPS) is 12.4. The van der Waals surface area contributed by atoms with Gasteiger partial charge in [-0.15, -0.1) is 0 Å². The Morgan fingerprint density at radius 2 is 1.84 bits per heavy atom. The summed E-state index contributed by atoms with van der Waals surface area (Å²) in [5.41, 5.74) is 4.24. The first kappa shape index (κ1) is 21.0. The summed E-state index contributed by atoms with van der Waals surface area (Å²) in [6.45, 7) is 1.47. The molecule has 31 heavy (non-hydrogen) atoms. The van der Waals surface area contributed by atoms with E-state index in [1.807, 2.05) is 78.9 Å². The molecule has 1 aliphatic heterocycles. The van der Waals surface area contributed by atoms with Crippen molar-refractivity contribution >= 4 is 23.1 Å². The Morgan fingerprint density at radius 3 is 2.68 bits per heavy atom. The SMILES string of the molecule is O=C(CCC1=CCOc2cc(OCc3cccc(Cl)c3)ccc21)NCc1ccccc1. The maximum absolute atomic E-state index is 12.3. The van der Waals surface area contributed by atoms with Crippen molar-refractivity contribution in [2.45, 2.75) is 26.0 Å². The quantitative estimate of drug-likeness (QED) is 0.489. The van der Waals surface area contributed by atoms with Crippen molar-refractivity contribution < 1.29 is 14.3 Å². The molecule has 4 nitrogen and oxygen atoms in total. The fourth-order valence-corrected chi connectivity index (χ4v) is 3.70. The predicted octanol–water partition coefficient (Wildman–Crippen LogP) is 5.79. The van der Waals surface area contributed by atoms with Gasteiger partial charge in [0.2, 0.25) is 5.91 Å². The zero-order valence-corrected chi connectivity index (χ0v) is 17.9. The molecule has 0 saturated carbocycles. The van der Waals surface area contributed by atoms with Crippen LogP contribution in [0.15, 0.2) is 78.9 Å². The van der Waals surface area contributed by atoms with Gasteiger partial charge in [0.15, 0.2) is 0 Å². The van der Waals surface area contributed by atoms with Gasteiger partial charge in [0.1, 0.15) is 24.7 Å². The second-order valence-electron chi connectivity index (χ2n) is 7.38. The Labute approximate surface area is 187 Å². The molecule has 0 radical (unpaired) electrons. The molecule has 0 saturated heterocycles. The van der Waals surface area contributed by atoms with Gasteiger partial charge < -0.3 is 14.8 Å². The molecule has 0 aliphatic carbocycles. The molecule has 1 N–H and O–H groups in total. The van der Waals surface area contributed by atoms with Crippen LogP contribution >= 0.6 is 11.6 Å². The number of fused-ring (bicyclic) bond motifs is 1. The van der Waals surface area contributed by atoms with Crippen LogP contribution in [0.3, 0.4) is 0 Å². The summed E-state index contributed by atoms with van der Waals surface area (Å²) in [6.07, 6.45) is 3.14. The van der Waals surface area contributed by atoms with Crippen LogP contribution in [0.5, 0.6) is 11.5 Å². The molecule has 1 heterocycles. The van der Waals surface area contributed by atoms with Crippen LogP contribution in [0.4, 0.5) is 0 Å². The summed E-state index contributed by atoms with van der Waals surface area (Å²) < 4.78 is 11.7. The van der Waals surface area contributed by atoms with E-state index in [-0.39, 0.29) is 5.91 Å². The second kappa shape index (κ2) is 10.2. The Hall–Kier alpha value is -3.24. The van der Waals surface area contributed by atoms with E-state index in [0.717, 1.165) is 33.8 Å². The van der Waals surface area contributed by atoms with E-state index in [0.29, 0.717) is 37.6 Å². The molecule has 0 aromatic heterocycles. The number of nitrogens with one attached hydrogen (secondary N) is 1. The van der Waals surface area contributed by atoms with Crippen molar-refractivity contribution in [2.24, 2.45) is 0 Å². The molecule has 0 spiro atoms. The van der Waals surface area contributed by atoms with Gasteiger partial charge in [-0.05, 0) is 53.5 Å². The fraction of sp³-hybridized carbons (Fsp3) is 0.192. The monoisotopic (exact) mass is 433 g/mol. The lowest BCUT2D eigenvalue weighted by Crippen LogP contribution is -2.22. The molecular formula is C26H24ClNO3. The summed E-state index contributed by atoms with van der Waals surface area (Å²) >= 11 is 6.03. The Bertz CT molecular complexity index is 1080. The highest BCUT2D eigenvalue weighted by atomic mass is 35.5. The zero-order valence-electron chi connectivity index (χ0n) is 17.1. The van der Waals surface area contributed by atoms with Crippen molar-refractivity contribution in [3.8, 4) is 11.5 Å². The highest BCUT2D eigenvalue weighted by Gasteiger charge is 2.16. The van der Waals surface area contributed by atoms with Crippen LogP contribution in [0, 0.1) is 0 Å². The van der Waals surface area contributed by atoms with Gasteiger partial charge >= 0.3 is 0 Å². The summed E-state index contributed by atoms with van der Waals surface area (Å²) in [5.74, 6) is 1.56. The van der Waals surface area contributed by atoms with E-state index < -0.39 is 0 Å². The minimum Gasteiger partial charge on any atom is -0.489 e. The average Bonchev–Trinajstić information content (AvgIpc) is 2.80. The number of amides is 1. The van der Waals surface area contributed by atoms with Gasteiger partial charge in [0.25, 0.3) is 0 Å². The Morgan fingerprint density at radius 1 is 1.00 bits per heavy atom. The van der Waals surface area contributed by atoms with Crippen LogP contribution in [0.25, 0.3) is 5.57 Å². The molecule has 5 heteroatoms. The number of hydrogen-bond donors (Lipinski definition) is 1. The largest absolute Gasteiger partial charge is 0.489 e. The number of rotatable bonds is 8. The van der Waals surface area contributed by atoms with Gasteiger partial charge in [-0.3, -0.25) is 4.79 Å². The maximum atomic E-state index is 12.3. The number of allylic oxidation sites excluding steroid dienone is 1. The van der Waals surface area contributed by atoms with Gasteiger partial charge in [0, 0.05) is 29.6 Å². The summed E-state index contributed by atoms with van der Waals surface area (Å²) in [4.78, 5) is 12.3. The highest BCUT2D eigenvalue weighted by molar-refractivity contribution is 6.30. The van der Waals surface area contributed by atoms with Crippen LogP contribution in [-0.4, -0.2) is 12.5 Å². The molecule has 0 unspecified atom stereocenters. The minimum absolute atomic E-state index is 0.0410. The summed E-state index contributed by atoms with van der Waals surface area (Å²) in [6, 6.07) is 23.4. The van der Waals surface area contributed by atoms with Crippen molar-refractivity contribution in [1.29, 1.82) is 0 Å². The topological polar surface area (TPSA) is 47.6 Å². The molecule has 0 bridgehead atoms. The smallest absolute Gasteiger partial charge is 0.220 e. The lowest BCUT2D eigenvalue weighted by Gasteiger charge is -2.20. The van der Waals surface area contributed by atoms with E-state index in [4.69, 9.17) is 21.1 Å². The molecule has 1 aliphatic rings. The molecule has 3 aromatic rings. The molecule has 1 amide bonds. The number of benzene rings is 3. The number of carbonyl (C=O) groups is 1. The third-order valence-electron chi connectivity index (χ3n) is 5.12. The van der Waals surface area contributed by atoms with Crippen LogP contribution in [0.1, 0.15) is 29.5 Å². The zero-order chi connectivity index (χ0) is 21.5. The molecule has 158 valence electrons. The van der Waals surface area contributed by atoms with Gasteiger partial charge in [-0.25, -0.2) is 0 Å². The lowest BCUT2D eigenvalue weighted by molar-refractivity contribution is -0.121. The standard InChI is InChI=1S/C26H24ClNO3/c27-22-8-4-7-20(15-22)18-31-23-10-11-24-21(13-14-30-25(24)16-23)9-12-26(29)28-17-19-5-2-1-3-6-19/h1-8,10-11,13,15-16H,9,12,14,17-18H2,(H,28,29). The van der Waals surface area contributed by atoms with Crippen molar-refractivity contribution in [3.63, 3.8) is 0 Å². The van der Waals surface area contributed by atoms with Crippen molar-refractivity contribution in [3.05, 3.63) is 101 Å². The average molecular weight is 434 g/mol. The van der Waals surface area contributed by atoms with Gasteiger partial charge in [-0.2, -0.15) is 0 Å². The van der Waals surface area contributed by atoms with Crippen LogP contribution in [0.2, 0.25) is 5.02 Å². The third kappa shape index (κ3) is 5.89. The summed E-state index contributed by atoms with van der Waals surface area (Å²) in [5, 5.41) is 3.67. The molecule has 3 aromatic carbocycles. The van der Waals surface area contributed by atoms with E-state index in [2.05, 4.69) is 5.32 Å². The van der Waals surface area contributed by atoms with E-state index >= 15 is 0 Å². The van der Waals surface area contributed by atoms with Gasteiger partial charge in [-0.1, -0.05) is 54.1 Å². The van der Waals surface area contributed by atoms with Crippen molar-refractivity contribution in [1.82, 2.24) is 5.32 Å². The number of ether oxygens (including phenoxy) is 2. The Kier molecular flexibility index (Phi) is 6.90. The van der Waals surface area contributed by atoms with E-state index in [9.17, 15) is 4.79 Å². The predicted molar refractivity (Wildman–Crippen MR) is 123 cm³/mol. The first-order valence-electron chi connectivity index (χ1n) is 10.3. The number of carbonyl (C=O) groups excluding carboxylic acids is 1. The van der Waals surface area contributed by atoms with Gasteiger partial charge in [0.05, 0.1) is 0 Å². The second-order valence-corrected chi connectivity index (χ2v) is 7.82. The third-order valence-corrected chi connectivity index (χ3v) is 5.35. The molecular weight excluding hydrogens is 410 g/mol. The molecule has 0 atom stereocenters. The summed E-state index contributed by atoms with van der Waals surface area (Å²) in [7, 11) is 0. The maximum Gasteiger partial charge on any atom is 0.220 e. The van der Waals surface area contributed by atoms with Crippen LogP contribution < -0.4 is 14.8 Å². The van der Waals surface area contributed by atoms with Crippen molar-refractivity contribution in [2.75, 3.05) is 6.61 Å². The molecule has 4 rings (SSSR count). The highest BCUT2D eigenvalue weighted by Crippen LogP contribution is 2.35. The minimum atomic E-state index is 0.0410. The first-order chi connectivity index (χ1) is 15.2.